The molecule has 4 nitrogen and oxygen atoms in total. The maximum atomic E-state index is 5.70. The van der Waals surface area contributed by atoms with Crippen LogP contribution in [0.15, 0.2) is 9.98 Å². The molecule has 0 aliphatic carbocycles. The Labute approximate surface area is 60.0 Å². The van der Waals surface area contributed by atoms with E-state index >= 15 is 0 Å². The van der Waals surface area contributed by atoms with Crippen LogP contribution >= 0.6 is 0 Å². The average molecular weight is 140 g/mol. The molecule has 0 saturated carbocycles. The molecule has 10 heavy (non-hydrogen) atoms. The van der Waals surface area contributed by atoms with E-state index in [1.54, 1.807) is 20.1 Å². The second-order valence-corrected chi connectivity index (χ2v) is 2.75. The van der Waals surface area contributed by atoms with Crippen LogP contribution in [0, 0.1) is 0 Å². The van der Waals surface area contributed by atoms with Crippen molar-refractivity contribution in [2.24, 2.45) is 21.5 Å². The summed E-state index contributed by atoms with van der Waals surface area (Å²) in [6.07, 6.45) is 1.28. The maximum Gasteiger partial charge on any atom is 0.122 e. The van der Waals surface area contributed by atoms with Gasteiger partial charge in [0.25, 0.3) is 0 Å². The minimum atomic E-state index is -0.584. The van der Waals surface area contributed by atoms with E-state index in [2.05, 4.69) is 9.98 Å². The SMILES string of the molecule is CC1=NC(N)C(C)(N)C=N1. The van der Waals surface area contributed by atoms with Gasteiger partial charge in [-0.1, -0.05) is 0 Å². The number of aliphatic imine (C=N–C) groups is 2. The Hall–Kier alpha value is -0.740. The minimum Gasteiger partial charge on any atom is -0.318 e. The number of hydrogen-bond acceptors (Lipinski definition) is 4. The first kappa shape index (κ1) is 7.37. The molecular weight excluding hydrogens is 128 g/mol. The molecule has 1 aliphatic heterocycles. The summed E-state index contributed by atoms with van der Waals surface area (Å²) in [4.78, 5) is 7.96. The summed E-state index contributed by atoms with van der Waals surface area (Å²) < 4.78 is 0. The van der Waals surface area contributed by atoms with E-state index in [0.717, 1.165) is 0 Å². The van der Waals surface area contributed by atoms with Crippen LogP contribution in [-0.4, -0.2) is 23.8 Å². The van der Waals surface area contributed by atoms with Crippen LogP contribution in [0.1, 0.15) is 13.8 Å². The third-order valence-corrected chi connectivity index (χ3v) is 1.49. The fourth-order valence-corrected chi connectivity index (χ4v) is 0.683. The van der Waals surface area contributed by atoms with Crippen molar-refractivity contribution in [3.63, 3.8) is 0 Å². The number of amidine groups is 1. The van der Waals surface area contributed by atoms with Crippen molar-refractivity contribution in [1.29, 1.82) is 0 Å². The fraction of sp³-hybridized carbons (Fsp3) is 0.667. The first-order valence-electron chi connectivity index (χ1n) is 3.16. The van der Waals surface area contributed by atoms with Crippen molar-refractivity contribution in [2.75, 3.05) is 0 Å². The van der Waals surface area contributed by atoms with E-state index in [-0.39, 0.29) is 6.17 Å². The van der Waals surface area contributed by atoms with E-state index in [1.165, 1.54) is 0 Å². The van der Waals surface area contributed by atoms with Crippen molar-refractivity contribution in [3.05, 3.63) is 0 Å². The lowest BCUT2D eigenvalue weighted by Gasteiger charge is -2.26. The lowest BCUT2D eigenvalue weighted by molar-refractivity contribution is 0.502. The largest absolute Gasteiger partial charge is 0.318 e. The third kappa shape index (κ3) is 1.22. The van der Waals surface area contributed by atoms with Crippen LogP contribution in [0.3, 0.4) is 0 Å². The summed E-state index contributed by atoms with van der Waals surface area (Å²) in [6.45, 7) is 3.60. The lowest BCUT2D eigenvalue weighted by Crippen LogP contribution is -2.55. The van der Waals surface area contributed by atoms with Crippen LogP contribution in [0.2, 0.25) is 0 Å². The van der Waals surface area contributed by atoms with E-state index < -0.39 is 5.54 Å². The molecule has 0 fully saturated rings. The van der Waals surface area contributed by atoms with Gasteiger partial charge in [-0.05, 0) is 13.8 Å². The lowest BCUT2D eigenvalue weighted by atomic mass is 10.0. The molecule has 0 spiro atoms. The van der Waals surface area contributed by atoms with Gasteiger partial charge in [0.2, 0.25) is 0 Å². The predicted molar refractivity (Wildman–Crippen MR) is 42.2 cm³/mol. The summed E-state index contributed by atoms with van der Waals surface area (Å²) in [5.41, 5.74) is 10.7. The maximum absolute atomic E-state index is 5.70. The summed E-state index contributed by atoms with van der Waals surface area (Å²) in [5.74, 6) is 0.690. The molecule has 2 unspecified atom stereocenters. The molecule has 0 saturated heterocycles. The van der Waals surface area contributed by atoms with Crippen LogP contribution < -0.4 is 11.5 Å². The summed E-state index contributed by atoms with van der Waals surface area (Å²) in [5, 5.41) is 0. The highest BCUT2D eigenvalue weighted by atomic mass is 15.1. The fourth-order valence-electron chi connectivity index (χ4n) is 0.683. The molecule has 0 aromatic heterocycles. The molecule has 0 radical (unpaired) electrons. The number of nitrogens with zero attached hydrogens (tertiary/aromatic N) is 2. The topological polar surface area (TPSA) is 76.8 Å². The quantitative estimate of drug-likeness (QED) is 0.475. The van der Waals surface area contributed by atoms with Gasteiger partial charge < -0.3 is 11.5 Å². The number of nitrogens with two attached hydrogens (primary N) is 2. The Kier molecular flexibility index (Phi) is 1.58. The molecule has 4 heteroatoms. The Balaban J connectivity index is 2.84. The Bertz CT molecular complexity index is 192. The normalized spacial score (nSPS) is 39.6. The van der Waals surface area contributed by atoms with Crippen molar-refractivity contribution in [1.82, 2.24) is 0 Å². The summed E-state index contributed by atoms with van der Waals surface area (Å²) in [7, 11) is 0. The van der Waals surface area contributed by atoms with Gasteiger partial charge in [0.05, 0.1) is 5.54 Å². The number of rotatable bonds is 0. The molecule has 0 aromatic carbocycles. The van der Waals surface area contributed by atoms with Crippen LogP contribution in [0.25, 0.3) is 0 Å². The molecule has 1 rings (SSSR count). The predicted octanol–water partition coefficient (Wildman–Crippen LogP) is -0.509. The average Bonchev–Trinajstić information content (AvgIpc) is 1.81. The van der Waals surface area contributed by atoms with Gasteiger partial charge in [0, 0.05) is 6.21 Å². The summed E-state index contributed by atoms with van der Waals surface area (Å²) >= 11 is 0. The first-order valence-corrected chi connectivity index (χ1v) is 3.16. The molecule has 1 heterocycles. The van der Waals surface area contributed by atoms with E-state index in [4.69, 9.17) is 11.5 Å². The van der Waals surface area contributed by atoms with Crippen molar-refractivity contribution < 1.29 is 0 Å². The first-order chi connectivity index (χ1) is 4.52. The molecule has 56 valence electrons. The van der Waals surface area contributed by atoms with Crippen LogP contribution in [0.5, 0.6) is 0 Å². The van der Waals surface area contributed by atoms with Gasteiger partial charge in [-0.25, -0.2) is 9.98 Å². The third-order valence-electron chi connectivity index (χ3n) is 1.49. The molecule has 2 atom stereocenters. The number of hydrogen-bond donors (Lipinski definition) is 2. The second kappa shape index (κ2) is 2.14. The molecular formula is C6H12N4. The summed E-state index contributed by atoms with van der Waals surface area (Å²) in [6, 6.07) is 0. The highest BCUT2D eigenvalue weighted by Gasteiger charge is 2.27. The standard InChI is InChI=1S/C6H12N4/c1-4-9-3-6(2,8)5(7)10-4/h3,5H,7-8H2,1-2H3. The van der Waals surface area contributed by atoms with Crippen LogP contribution in [0.4, 0.5) is 0 Å². The van der Waals surface area contributed by atoms with Gasteiger partial charge >= 0.3 is 0 Å². The van der Waals surface area contributed by atoms with Gasteiger partial charge in [0.15, 0.2) is 0 Å². The van der Waals surface area contributed by atoms with Crippen LogP contribution in [-0.2, 0) is 0 Å². The Morgan fingerprint density at radius 1 is 1.70 bits per heavy atom. The Morgan fingerprint density at radius 3 is 2.70 bits per heavy atom. The molecule has 0 aromatic rings. The smallest absolute Gasteiger partial charge is 0.122 e. The minimum absolute atomic E-state index is 0.356. The highest BCUT2D eigenvalue weighted by Crippen LogP contribution is 2.07. The van der Waals surface area contributed by atoms with E-state index in [1.807, 2.05) is 0 Å². The molecule has 4 N–H and O–H groups in total. The van der Waals surface area contributed by atoms with Gasteiger partial charge in [-0.2, -0.15) is 0 Å². The zero-order valence-electron chi connectivity index (χ0n) is 6.20. The van der Waals surface area contributed by atoms with Gasteiger partial charge in [-0.15, -0.1) is 0 Å². The zero-order chi connectivity index (χ0) is 7.78. The monoisotopic (exact) mass is 140 g/mol. The van der Waals surface area contributed by atoms with E-state index in [0.29, 0.717) is 5.84 Å². The van der Waals surface area contributed by atoms with Crippen molar-refractivity contribution >= 4 is 12.1 Å². The molecule has 0 bridgehead atoms. The van der Waals surface area contributed by atoms with E-state index in [9.17, 15) is 0 Å². The van der Waals surface area contributed by atoms with Gasteiger partial charge in [-0.3, -0.25) is 0 Å². The Morgan fingerprint density at radius 2 is 2.30 bits per heavy atom. The second-order valence-electron chi connectivity index (χ2n) is 2.75. The highest BCUT2D eigenvalue weighted by molar-refractivity contribution is 5.92. The van der Waals surface area contributed by atoms with Crippen molar-refractivity contribution in [3.8, 4) is 0 Å². The zero-order valence-corrected chi connectivity index (χ0v) is 6.20. The molecule has 1 aliphatic rings. The molecule has 0 amide bonds. The van der Waals surface area contributed by atoms with Crippen molar-refractivity contribution in [2.45, 2.75) is 25.6 Å². The van der Waals surface area contributed by atoms with Gasteiger partial charge in [0.1, 0.15) is 12.0 Å².